The second-order valence-corrected chi connectivity index (χ2v) is 7.99. The van der Waals surface area contributed by atoms with Gasteiger partial charge in [0, 0.05) is 30.7 Å². The fourth-order valence-corrected chi connectivity index (χ4v) is 3.76. The quantitative estimate of drug-likeness (QED) is 0.552. The highest BCUT2D eigenvalue weighted by molar-refractivity contribution is 7.98. The molecule has 1 amide bonds. The number of carbonyl (C=O) groups excluding carboxylic acids is 1. The highest BCUT2D eigenvalue weighted by Crippen LogP contribution is 2.27. The standard InChI is InChI=1S/C20H25N5O2S/c1-13(2)11-25-18(10-9-17(21)26)23-24-20(25)28-12-16-14(3)27-19(22-16)15-7-5-4-6-8-15/h4-8,13H,9-12H2,1-3H3,(H2,21,26). The Balaban J connectivity index is 1.75. The molecular formula is C20H25N5O2S. The van der Waals surface area contributed by atoms with Crippen molar-refractivity contribution in [2.75, 3.05) is 0 Å². The topological polar surface area (TPSA) is 99.8 Å². The number of rotatable bonds is 9. The number of nitrogens with two attached hydrogens (primary N) is 1. The van der Waals surface area contributed by atoms with Gasteiger partial charge in [-0.25, -0.2) is 4.98 Å². The lowest BCUT2D eigenvalue weighted by Crippen LogP contribution is -2.15. The summed E-state index contributed by atoms with van der Waals surface area (Å²) in [6.45, 7) is 6.99. The second kappa shape index (κ2) is 9.05. The van der Waals surface area contributed by atoms with Gasteiger partial charge in [-0.15, -0.1) is 10.2 Å². The number of nitrogens with zero attached hydrogens (tertiary/aromatic N) is 4. The van der Waals surface area contributed by atoms with Crippen LogP contribution in [0.4, 0.5) is 0 Å². The number of benzene rings is 1. The van der Waals surface area contributed by atoms with Crippen LogP contribution in [0.1, 0.15) is 37.5 Å². The van der Waals surface area contributed by atoms with Crippen molar-refractivity contribution < 1.29 is 9.21 Å². The summed E-state index contributed by atoms with van der Waals surface area (Å²) < 4.78 is 7.91. The first kappa shape index (κ1) is 20.1. The molecule has 7 nitrogen and oxygen atoms in total. The molecule has 0 radical (unpaired) electrons. The highest BCUT2D eigenvalue weighted by Gasteiger charge is 2.17. The lowest BCUT2D eigenvalue weighted by Gasteiger charge is -2.11. The number of hydrogen-bond donors (Lipinski definition) is 1. The molecule has 3 aromatic rings. The summed E-state index contributed by atoms with van der Waals surface area (Å²) in [6.07, 6.45) is 0.764. The molecule has 1 aromatic carbocycles. The van der Waals surface area contributed by atoms with E-state index in [1.807, 2.05) is 37.3 Å². The number of carbonyl (C=O) groups is 1. The molecule has 0 spiro atoms. The van der Waals surface area contributed by atoms with Crippen molar-refractivity contribution in [1.82, 2.24) is 19.7 Å². The maximum atomic E-state index is 11.1. The molecule has 28 heavy (non-hydrogen) atoms. The summed E-state index contributed by atoms with van der Waals surface area (Å²) in [4.78, 5) is 15.8. The first-order valence-electron chi connectivity index (χ1n) is 9.29. The summed E-state index contributed by atoms with van der Waals surface area (Å²) in [5.74, 6) is 2.95. The van der Waals surface area contributed by atoms with Crippen LogP contribution in [-0.2, 0) is 23.5 Å². The molecular weight excluding hydrogens is 374 g/mol. The minimum atomic E-state index is -0.333. The Morgan fingerprint density at radius 1 is 1.25 bits per heavy atom. The summed E-state index contributed by atoms with van der Waals surface area (Å²) in [7, 11) is 0. The van der Waals surface area contributed by atoms with Crippen LogP contribution in [-0.4, -0.2) is 25.7 Å². The number of aryl methyl sites for hydroxylation is 2. The average molecular weight is 400 g/mol. The zero-order chi connectivity index (χ0) is 20.1. The monoisotopic (exact) mass is 399 g/mol. The Morgan fingerprint density at radius 3 is 2.68 bits per heavy atom. The van der Waals surface area contributed by atoms with Crippen molar-refractivity contribution in [3.8, 4) is 11.5 Å². The van der Waals surface area contributed by atoms with Gasteiger partial charge in [0.05, 0.1) is 5.69 Å². The molecule has 0 saturated carbocycles. The molecule has 2 N–H and O–H groups in total. The van der Waals surface area contributed by atoms with E-state index in [1.165, 1.54) is 0 Å². The zero-order valence-electron chi connectivity index (χ0n) is 16.4. The van der Waals surface area contributed by atoms with E-state index in [0.29, 0.717) is 24.0 Å². The summed E-state index contributed by atoms with van der Waals surface area (Å²) in [5.41, 5.74) is 7.13. The van der Waals surface area contributed by atoms with Gasteiger partial charge < -0.3 is 14.7 Å². The molecule has 148 valence electrons. The molecule has 2 heterocycles. The first-order chi connectivity index (χ1) is 13.4. The summed E-state index contributed by atoms with van der Waals surface area (Å²) in [6, 6.07) is 9.85. The van der Waals surface area contributed by atoms with Crippen LogP contribution in [0, 0.1) is 12.8 Å². The molecule has 8 heteroatoms. The Bertz CT molecular complexity index is 933. The van der Waals surface area contributed by atoms with Crippen molar-refractivity contribution >= 4 is 17.7 Å². The maximum absolute atomic E-state index is 11.1. The van der Waals surface area contributed by atoms with Gasteiger partial charge in [-0.3, -0.25) is 4.79 Å². The first-order valence-corrected chi connectivity index (χ1v) is 10.3. The van der Waals surface area contributed by atoms with E-state index in [-0.39, 0.29) is 12.3 Å². The minimum absolute atomic E-state index is 0.268. The molecule has 2 aromatic heterocycles. The highest BCUT2D eigenvalue weighted by atomic mass is 32.2. The van der Waals surface area contributed by atoms with E-state index in [4.69, 9.17) is 10.2 Å². The third-order valence-corrected chi connectivity index (χ3v) is 5.17. The van der Waals surface area contributed by atoms with Crippen molar-refractivity contribution in [3.63, 3.8) is 0 Å². The van der Waals surface area contributed by atoms with Gasteiger partial charge in [-0.2, -0.15) is 0 Å². The van der Waals surface area contributed by atoms with Gasteiger partial charge in [0.15, 0.2) is 5.16 Å². The van der Waals surface area contributed by atoms with Gasteiger partial charge in [0.25, 0.3) is 0 Å². The maximum Gasteiger partial charge on any atom is 0.226 e. The third-order valence-electron chi connectivity index (χ3n) is 4.19. The van der Waals surface area contributed by atoms with Crippen LogP contribution in [0.3, 0.4) is 0 Å². The average Bonchev–Trinajstić information content (AvgIpc) is 3.22. The van der Waals surface area contributed by atoms with E-state index < -0.39 is 0 Å². The number of oxazole rings is 1. The third kappa shape index (κ3) is 5.01. The van der Waals surface area contributed by atoms with Gasteiger partial charge in [0.2, 0.25) is 11.8 Å². The number of primary amides is 1. The molecule has 3 rings (SSSR count). The summed E-state index contributed by atoms with van der Waals surface area (Å²) >= 11 is 1.57. The Morgan fingerprint density at radius 2 is 2.00 bits per heavy atom. The second-order valence-electron chi connectivity index (χ2n) is 7.05. The van der Waals surface area contributed by atoms with E-state index >= 15 is 0 Å². The molecule has 0 saturated heterocycles. The molecule has 0 aliphatic rings. The van der Waals surface area contributed by atoms with Crippen molar-refractivity contribution in [2.45, 2.75) is 51.1 Å². The largest absolute Gasteiger partial charge is 0.441 e. The van der Waals surface area contributed by atoms with Crippen LogP contribution in [0.15, 0.2) is 39.9 Å². The van der Waals surface area contributed by atoms with Crippen LogP contribution in [0.25, 0.3) is 11.5 Å². The van der Waals surface area contributed by atoms with Crippen molar-refractivity contribution in [1.29, 1.82) is 0 Å². The zero-order valence-corrected chi connectivity index (χ0v) is 17.2. The number of amides is 1. The van der Waals surface area contributed by atoms with Gasteiger partial charge in [-0.05, 0) is 25.0 Å². The van der Waals surface area contributed by atoms with Crippen LogP contribution < -0.4 is 5.73 Å². The SMILES string of the molecule is Cc1oc(-c2ccccc2)nc1CSc1nnc(CCC(N)=O)n1CC(C)C. The lowest BCUT2D eigenvalue weighted by atomic mass is 10.2. The van der Waals surface area contributed by atoms with E-state index in [9.17, 15) is 4.79 Å². The minimum Gasteiger partial charge on any atom is -0.441 e. The molecule has 0 atom stereocenters. The van der Waals surface area contributed by atoms with Gasteiger partial charge in [-0.1, -0.05) is 43.8 Å². The fraction of sp³-hybridized carbons (Fsp3) is 0.400. The molecule has 0 aliphatic heterocycles. The van der Waals surface area contributed by atoms with Crippen LogP contribution in [0.5, 0.6) is 0 Å². The van der Waals surface area contributed by atoms with E-state index in [0.717, 1.165) is 34.5 Å². The Labute approximate surface area is 168 Å². The smallest absolute Gasteiger partial charge is 0.226 e. The summed E-state index contributed by atoms with van der Waals surface area (Å²) in [5, 5.41) is 9.41. The van der Waals surface area contributed by atoms with Crippen LogP contribution >= 0.6 is 11.8 Å². The van der Waals surface area contributed by atoms with Gasteiger partial charge >= 0.3 is 0 Å². The molecule has 0 unspecified atom stereocenters. The van der Waals surface area contributed by atoms with Crippen molar-refractivity contribution in [3.05, 3.63) is 47.6 Å². The van der Waals surface area contributed by atoms with Crippen molar-refractivity contribution in [2.24, 2.45) is 11.7 Å². The normalized spacial score (nSPS) is 11.3. The fourth-order valence-electron chi connectivity index (χ4n) is 2.79. The molecule has 0 bridgehead atoms. The molecule has 0 aliphatic carbocycles. The van der Waals surface area contributed by atoms with Gasteiger partial charge in [0.1, 0.15) is 11.6 Å². The molecule has 0 fully saturated rings. The predicted molar refractivity (Wildman–Crippen MR) is 109 cm³/mol. The van der Waals surface area contributed by atoms with Crippen LogP contribution in [0.2, 0.25) is 0 Å². The van der Waals surface area contributed by atoms with E-state index in [2.05, 4.69) is 33.6 Å². The van der Waals surface area contributed by atoms with E-state index in [1.54, 1.807) is 11.8 Å². The Hall–Kier alpha value is -2.61. The number of thioether (sulfide) groups is 1. The predicted octanol–water partition coefficient (Wildman–Crippen LogP) is 3.61. The lowest BCUT2D eigenvalue weighted by molar-refractivity contribution is -0.118. The Kier molecular flexibility index (Phi) is 6.51. The number of aromatic nitrogens is 4. The number of hydrogen-bond acceptors (Lipinski definition) is 6.